The third-order valence-corrected chi connectivity index (χ3v) is 5.57. The van der Waals surface area contributed by atoms with E-state index in [1.54, 1.807) is 0 Å². The van der Waals surface area contributed by atoms with Crippen LogP contribution >= 0.6 is 11.6 Å². The molecule has 0 radical (unpaired) electrons. The predicted octanol–water partition coefficient (Wildman–Crippen LogP) is 5.53. The largest absolute Gasteiger partial charge is 0.123 e. The van der Waals surface area contributed by atoms with Crippen LogP contribution in [0.2, 0.25) is 0 Å². The van der Waals surface area contributed by atoms with Crippen LogP contribution in [0.5, 0.6) is 0 Å². The van der Waals surface area contributed by atoms with Gasteiger partial charge < -0.3 is 0 Å². The molecule has 2 saturated carbocycles. The van der Waals surface area contributed by atoms with Crippen molar-refractivity contribution in [3.8, 4) is 0 Å². The van der Waals surface area contributed by atoms with Crippen LogP contribution in [0.15, 0.2) is 0 Å². The number of alkyl halides is 1. The van der Waals surface area contributed by atoms with Crippen LogP contribution < -0.4 is 0 Å². The molecule has 0 bridgehead atoms. The molecule has 0 amide bonds. The van der Waals surface area contributed by atoms with Crippen molar-refractivity contribution in [1.29, 1.82) is 0 Å². The molecular weight excluding hydrogens is 216 g/mol. The Hall–Kier alpha value is 0.290. The van der Waals surface area contributed by atoms with Gasteiger partial charge in [-0.15, -0.1) is 11.6 Å². The summed E-state index contributed by atoms with van der Waals surface area (Å²) in [6, 6.07) is 0. The Morgan fingerprint density at radius 1 is 1.00 bits per heavy atom. The second-order valence-corrected chi connectivity index (χ2v) is 6.74. The molecular formula is C15H27Cl. The van der Waals surface area contributed by atoms with Gasteiger partial charge in [0.1, 0.15) is 0 Å². The van der Waals surface area contributed by atoms with E-state index in [0.717, 1.165) is 5.92 Å². The maximum absolute atomic E-state index is 6.28. The Kier molecular flexibility index (Phi) is 4.58. The highest BCUT2D eigenvalue weighted by Crippen LogP contribution is 2.51. The molecule has 0 aromatic carbocycles. The standard InChI is InChI=1S/C15H27Cl/c1-2-10-15(11-8-14(16)9-12-15)13-6-4-3-5-7-13/h13-14H,2-12H2,1H3. The first-order chi connectivity index (χ1) is 7.77. The molecule has 0 nitrogen and oxygen atoms in total. The van der Waals surface area contributed by atoms with Crippen molar-refractivity contribution in [1.82, 2.24) is 0 Å². The third kappa shape index (κ3) is 2.75. The molecule has 0 aromatic heterocycles. The lowest BCUT2D eigenvalue weighted by Gasteiger charge is -2.46. The zero-order chi connectivity index (χ0) is 11.4. The van der Waals surface area contributed by atoms with E-state index < -0.39 is 0 Å². The van der Waals surface area contributed by atoms with Gasteiger partial charge in [0.05, 0.1) is 0 Å². The van der Waals surface area contributed by atoms with E-state index in [4.69, 9.17) is 11.6 Å². The molecule has 2 aliphatic carbocycles. The van der Waals surface area contributed by atoms with Crippen molar-refractivity contribution in [2.75, 3.05) is 0 Å². The Morgan fingerprint density at radius 3 is 2.19 bits per heavy atom. The van der Waals surface area contributed by atoms with E-state index in [1.807, 2.05) is 0 Å². The first-order valence-corrected chi connectivity index (χ1v) is 7.84. The van der Waals surface area contributed by atoms with Crippen molar-refractivity contribution in [2.45, 2.75) is 82.9 Å². The Bertz CT molecular complexity index is 197. The van der Waals surface area contributed by atoms with Gasteiger partial charge in [0.15, 0.2) is 0 Å². The van der Waals surface area contributed by atoms with E-state index in [0.29, 0.717) is 10.8 Å². The molecule has 0 saturated heterocycles. The monoisotopic (exact) mass is 242 g/mol. The van der Waals surface area contributed by atoms with Crippen LogP contribution in [-0.4, -0.2) is 5.38 Å². The lowest BCUT2D eigenvalue weighted by Crippen LogP contribution is -2.36. The summed E-state index contributed by atoms with van der Waals surface area (Å²) in [7, 11) is 0. The van der Waals surface area contributed by atoms with Gasteiger partial charge in [0.25, 0.3) is 0 Å². The summed E-state index contributed by atoms with van der Waals surface area (Å²) in [6.07, 6.45) is 15.7. The summed E-state index contributed by atoms with van der Waals surface area (Å²) in [5.74, 6) is 1.03. The molecule has 0 unspecified atom stereocenters. The Balaban J connectivity index is 2.01. The minimum Gasteiger partial charge on any atom is -0.123 e. The number of hydrogen-bond donors (Lipinski definition) is 0. The number of rotatable bonds is 3. The van der Waals surface area contributed by atoms with Crippen LogP contribution in [0.25, 0.3) is 0 Å². The number of halogens is 1. The second kappa shape index (κ2) is 5.76. The third-order valence-electron chi connectivity index (χ3n) is 5.13. The molecule has 2 rings (SSSR count). The lowest BCUT2D eigenvalue weighted by atomic mass is 9.60. The van der Waals surface area contributed by atoms with Crippen LogP contribution in [0.1, 0.15) is 77.6 Å². The van der Waals surface area contributed by atoms with E-state index in [1.165, 1.54) is 70.6 Å². The highest BCUT2D eigenvalue weighted by Gasteiger charge is 2.40. The first-order valence-electron chi connectivity index (χ1n) is 7.41. The van der Waals surface area contributed by atoms with Crippen LogP contribution in [0, 0.1) is 11.3 Å². The molecule has 1 heteroatoms. The molecule has 2 aliphatic rings. The molecule has 2 fully saturated rings. The van der Waals surface area contributed by atoms with E-state index >= 15 is 0 Å². The minimum absolute atomic E-state index is 0.480. The predicted molar refractivity (Wildman–Crippen MR) is 72.0 cm³/mol. The Morgan fingerprint density at radius 2 is 1.62 bits per heavy atom. The molecule has 0 heterocycles. The molecule has 0 aliphatic heterocycles. The van der Waals surface area contributed by atoms with Gasteiger partial charge in [-0.1, -0.05) is 32.6 Å². The second-order valence-electron chi connectivity index (χ2n) is 6.12. The van der Waals surface area contributed by atoms with Crippen molar-refractivity contribution in [3.05, 3.63) is 0 Å². The molecule has 94 valence electrons. The highest BCUT2D eigenvalue weighted by atomic mass is 35.5. The van der Waals surface area contributed by atoms with E-state index in [-0.39, 0.29) is 0 Å². The van der Waals surface area contributed by atoms with Gasteiger partial charge in [-0.25, -0.2) is 0 Å². The fraction of sp³-hybridized carbons (Fsp3) is 1.00. The molecule has 0 N–H and O–H groups in total. The summed E-state index contributed by atoms with van der Waals surface area (Å²) in [5, 5.41) is 0.480. The van der Waals surface area contributed by atoms with Crippen LogP contribution in [0.4, 0.5) is 0 Å². The van der Waals surface area contributed by atoms with Gasteiger partial charge >= 0.3 is 0 Å². The molecule has 0 atom stereocenters. The molecule has 16 heavy (non-hydrogen) atoms. The van der Waals surface area contributed by atoms with Gasteiger partial charge in [0.2, 0.25) is 0 Å². The quantitative estimate of drug-likeness (QED) is 0.571. The van der Waals surface area contributed by atoms with Crippen molar-refractivity contribution < 1.29 is 0 Å². The first kappa shape index (κ1) is 12.7. The van der Waals surface area contributed by atoms with Crippen molar-refractivity contribution in [2.24, 2.45) is 11.3 Å². The maximum Gasteiger partial charge on any atom is 0.0336 e. The summed E-state index contributed by atoms with van der Waals surface area (Å²) in [4.78, 5) is 0. The smallest absolute Gasteiger partial charge is 0.0336 e. The average molecular weight is 243 g/mol. The maximum atomic E-state index is 6.28. The molecule has 0 aromatic rings. The summed E-state index contributed by atoms with van der Waals surface area (Å²) >= 11 is 6.28. The fourth-order valence-corrected chi connectivity index (χ4v) is 4.45. The summed E-state index contributed by atoms with van der Waals surface area (Å²) in [6.45, 7) is 2.36. The highest BCUT2D eigenvalue weighted by molar-refractivity contribution is 6.20. The van der Waals surface area contributed by atoms with Crippen molar-refractivity contribution in [3.63, 3.8) is 0 Å². The van der Waals surface area contributed by atoms with Crippen LogP contribution in [-0.2, 0) is 0 Å². The van der Waals surface area contributed by atoms with E-state index in [2.05, 4.69) is 6.92 Å². The topological polar surface area (TPSA) is 0 Å². The average Bonchev–Trinajstić information content (AvgIpc) is 2.34. The van der Waals surface area contributed by atoms with Gasteiger partial charge in [-0.2, -0.15) is 0 Å². The zero-order valence-electron chi connectivity index (χ0n) is 10.8. The van der Waals surface area contributed by atoms with Crippen LogP contribution in [0.3, 0.4) is 0 Å². The van der Waals surface area contributed by atoms with Crippen molar-refractivity contribution >= 4 is 11.6 Å². The minimum atomic E-state index is 0.480. The summed E-state index contributed by atoms with van der Waals surface area (Å²) in [5.41, 5.74) is 0.695. The SMILES string of the molecule is CCCC1(C2CCCCC2)CCC(Cl)CC1. The van der Waals surface area contributed by atoms with Gasteiger partial charge in [-0.3, -0.25) is 0 Å². The lowest BCUT2D eigenvalue weighted by molar-refractivity contribution is 0.0579. The Labute approximate surface area is 106 Å². The summed E-state index contributed by atoms with van der Waals surface area (Å²) < 4.78 is 0. The van der Waals surface area contributed by atoms with Gasteiger partial charge in [-0.05, 0) is 56.3 Å². The van der Waals surface area contributed by atoms with Gasteiger partial charge in [0, 0.05) is 5.38 Å². The zero-order valence-corrected chi connectivity index (χ0v) is 11.6. The fourth-order valence-electron chi connectivity index (χ4n) is 4.23. The van der Waals surface area contributed by atoms with E-state index in [9.17, 15) is 0 Å². The number of hydrogen-bond acceptors (Lipinski definition) is 0. The normalized spacial score (nSPS) is 37.5. The molecule has 0 spiro atoms.